The molecule has 0 spiro atoms. The van der Waals surface area contributed by atoms with Crippen LogP contribution < -0.4 is 0 Å². The van der Waals surface area contributed by atoms with Crippen LogP contribution in [0.5, 0.6) is 0 Å². The smallest absolute Gasteiger partial charge is 0.129 e. The first-order valence-corrected chi connectivity index (χ1v) is 4.77. The molecule has 1 aromatic heterocycles. The second kappa shape index (κ2) is 4.44. The average Bonchev–Trinajstić information content (AvgIpc) is 2.75. The third-order valence-corrected chi connectivity index (χ3v) is 2.30. The number of hydrogen-bond donors (Lipinski definition) is 0. The fraction of sp³-hybridized carbons (Fsp3) is 0.600. The van der Waals surface area contributed by atoms with E-state index in [9.17, 15) is 0 Å². The fourth-order valence-corrected chi connectivity index (χ4v) is 1.58. The molecule has 3 heteroatoms. The van der Waals surface area contributed by atoms with Crippen molar-refractivity contribution >= 4 is 0 Å². The maximum absolute atomic E-state index is 5.49. The summed E-state index contributed by atoms with van der Waals surface area (Å²) in [6.07, 6.45) is 4.29. The molecule has 0 saturated carbocycles. The standard InChI is InChI=1S/C10H15NO2/c1-2-6-11(5-1)9-12-8-10-4-3-7-13-10/h3-4,7H,1-2,5-6,8-9H2. The van der Waals surface area contributed by atoms with E-state index >= 15 is 0 Å². The van der Waals surface area contributed by atoms with E-state index in [1.54, 1.807) is 6.26 Å². The second-order valence-electron chi connectivity index (χ2n) is 3.38. The monoisotopic (exact) mass is 181 g/mol. The van der Waals surface area contributed by atoms with E-state index in [1.165, 1.54) is 25.9 Å². The van der Waals surface area contributed by atoms with Crippen LogP contribution in [0.3, 0.4) is 0 Å². The van der Waals surface area contributed by atoms with Crippen molar-refractivity contribution in [2.75, 3.05) is 19.8 Å². The van der Waals surface area contributed by atoms with Gasteiger partial charge in [0.25, 0.3) is 0 Å². The molecule has 2 rings (SSSR count). The van der Waals surface area contributed by atoms with Crippen molar-refractivity contribution in [2.24, 2.45) is 0 Å². The van der Waals surface area contributed by atoms with E-state index in [0.717, 1.165) is 12.5 Å². The van der Waals surface area contributed by atoms with Crippen LogP contribution >= 0.6 is 0 Å². The van der Waals surface area contributed by atoms with Crippen molar-refractivity contribution in [3.63, 3.8) is 0 Å². The van der Waals surface area contributed by atoms with E-state index in [2.05, 4.69) is 4.90 Å². The van der Waals surface area contributed by atoms with Gasteiger partial charge in [-0.15, -0.1) is 0 Å². The summed E-state index contributed by atoms with van der Waals surface area (Å²) in [5, 5.41) is 0. The van der Waals surface area contributed by atoms with Crippen LogP contribution in [0.1, 0.15) is 18.6 Å². The number of furan rings is 1. The lowest BCUT2D eigenvalue weighted by Gasteiger charge is -2.13. The van der Waals surface area contributed by atoms with Crippen LogP contribution in [-0.4, -0.2) is 24.7 Å². The van der Waals surface area contributed by atoms with Crippen LogP contribution in [0.15, 0.2) is 22.8 Å². The van der Waals surface area contributed by atoms with Gasteiger partial charge < -0.3 is 9.15 Å². The Morgan fingerprint density at radius 1 is 1.38 bits per heavy atom. The summed E-state index contributed by atoms with van der Waals surface area (Å²) < 4.78 is 10.6. The summed E-state index contributed by atoms with van der Waals surface area (Å²) in [4.78, 5) is 2.32. The van der Waals surface area contributed by atoms with Gasteiger partial charge in [-0.05, 0) is 25.0 Å². The maximum atomic E-state index is 5.49. The summed E-state index contributed by atoms with van der Waals surface area (Å²) >= 11 is 0. The highest BCUT2D eigenvalue weighted by Crippen LogP contribution is 2.08. The minimum Gasteiger partial charge on any atom is -0.467 e. The number of rotatable bonds is 4. The zero-order valence-electron chi connectivity index (χ0n) is 7.74. The Morgan fingerprint density at radius 2 is 2.23 bits per heavy atom. The molecule has 0 atom stereocenters. The molecular formula is C10H15NO2. The molecule has 13 heavy (non-hydrogen) atoms. The molecule has 3 nitrogen and oxygen atoms in total. The predicted molar refractivity (Wildman–Crippen MR) is 49.2 cm³/mol. The minimum absolute atomic E-state index is 0.587. The first-order valence-electron chi connectivity index (χ1n) is 4.77. The van der Waals surface area contributed by atoms with E-state index in [0.29, 0.717) is 6.61 Å². The number of hydrogen-bond acceptors (Lipinski definition) is 3. The number of likely N-dealkylation sites (tertiary alicyclic amines) is 1. The Morgan fingerprint density at radius 3 is 2.92 bits per heavy atom. The molecule has 0 aromatic carbocycles. The summed E-state index contributed by atoms with van der Waals surface area (Å²) in [6.45, 7) is 3.68. The molecule has 1 saturated heterocycles. The largest absolute Gasteiger partial charge is 0.467 e. The third kappa shape index (κ3) is 2.57. The van der Waals surface area contributed by atoms with E-state index < -0.39 is 0 Å². The molecule has 1 aromatic rings. The Hall–Kier alpha value is -0.800. The summed E-state index contributed by atoms with van der Waals surface area (Å²) in [5.74, 6) is 0.902. The molecule has 0 amide bonds. The van der Waals surface area contributed by atoms with Crippen LogP contribution in [0.2, 0.25) is 0 Å². The first-order chi connectivity index (χ1) is 6.45. The topological polar surface area (TPSA) is 25.6 Å². The molecule has 0 bridgehead atoms. The first kappa shape index (κ1) is 8.78. The normalized spacial score (nSPS) is 18.2. The van der Waals surface area contributed by atoms with E-state index in [1.807, 2.05) is 12.1 Å². The molecule has 72 valence electrons. The lowest BCUT2D eigenvalue weighted by atomic mass is 10.4. The van der Waals surface area contributed by atoms with Gasteiger partial charge in [-0.2, -0.15) is 0 Å². The zero-order chi connectivity index (χ0) is 8.93. The maximum Gasteiger partial charge on any atom is 0.129 e. The van der Waals surface area contributed by atoms with Gasteiger partial charge in [-0.25, -0.2) is 0 Å². The van der Waals surface area contributed by atoms with Gasteiger partial charge in [0.15, 0.2) is 0 Å². The predicted octanol–water partition coefficient (Wildman–Crippen LogP) is 1.85. The van der Waals surface area contributed by atoms with E-state index in [4.69, 9.17) is 9.15 Å². The van der Waals surface area contributed by atoms with Crippen molar-refractivity contribution in [1.82, 2.24) is 4.90 Å². The molecule has 0 unspecified atom stereocenters. The molecule has 0 N–H and O–H groups in total. The van der Waals surface area contributed by atoms with Gasteiger partial charge in [-0.3, -0.25) is 4.90 Å². The highest BCUT2D eigenvalue weighted by Gasteiger charge is 2.10. The van der Waals surface area contributed by atoms with Crippen molar-refractivity contribution in [2.45, 2.75) is 19.4 Å². The minimum atomic E-state index is 0.587. The van der Waals surface area contributed by atoms with Crippen molar-refractivity contribution < 1.29 is 9.15 Å². The quantitative estimate of drug-likeness (QED) is 0.709. The van der Waals surface area contributed by atoms with Crippen molar-refractivity contribution in [1.29, 1.82) is 0 Å². The lowest BCUT2D eigenvalue weighted by Crippen LogP contribution is -2.22. The van der Waals surface area contributed by atoms with Gasteiger partial charge in [0, 0.05) is 13.1 Å². The number of ether oxygens (including phenoxy) is 1. The Balaban J connectivity index is 1.63. The summed E-state index contributed by atoms with van der Waals surface area (Å²) in [6, 6.07) is 3.82. The second-order valence-corrected chi connectivity index (χ2v) is 3.38. The van der Waals surface area contributed by atoms with Crippen molar-refractivity contribution in [3.8, 4) is 0 Å². The third-order valence-electron chi connectivity index (χ3n) is 2.30. The SMILES string of the molecule is c1coc(COCN2CCCC2)c1. The van der Waals surface area contributed by atoms with Gasteiger partial charge in [-0.1, -0.05) is 0 Å². The van der Waals surface area contributed by atoms with Crippen molar-refractivity contribution in [3.05, 3.63) is 24.2 Å². The highest BCUT2D eigenvalue weighted by molar-refractivity contribution is 4.95. The Bertz CT molecular complexity index is 227. The Labute approximate surface area is 78.3 Å². The average molecular weight is 181 g/mol. The molecule has 1 aliphatic rings. The van der Waals surface area contributed by atoms with Gasteiger partial charge in [0.2, 0.25) is 0 Å². The highest BCUT2D eigenvalue weighted by atomic mass is 16.5. The molecule has 1 aliphatic heterocycles. The lowest BCUT2D eigenvalue weighted by molar-refractivity contribution is 0.0233. The van der Waals surface area contributed by atoms with Gasteiger partial charge in [0.05, 0.1) is 13.0 Å². The van der Waals surface area contributed by atoms with Crippen LogP contribution in [-0.2, 0) is 11.3 Å². The fourth-order valence-electron chi connectivity index (χ4n) is 1.58. The summed E-state index contributed by atoms with van der Waals surface area (Å²) in [5.41, 5.74) is 0. The van der Waals surface area contributed by atoms with Gasteiger partial charge in [0.1, 0.15) is 12.4 Å². The molecule has 1 fully saturated rings. The molecule has 0 aliphatic carbocycles. The van der Waals surface area contributed by atoms with Crippen LogP contribution in [0.25, 0.3) is 0 Å². The molecule has 0 radical (unpaired) electrons. The Kier molecular flexibility index (Phi) is 3.00. The van der Waals surface area contributed by atoms with Crippen LogP contribution in [0.4, 0.5) is 0 Å². The molecule has 2 heterocycles. The zero-order valence-corrected chi connectivity index (χ0v) is 7.74. The van der Waals surface area contributed by atoms with Gasteiger partial charge >= 0.3 is 0 Å². The van der Waals surface area contributed by atoms with Crippen LogP contribution in [0, 0.1) is 0 Å². The summed E-state index contributed by atoms with van der Waals surface area (Å²) in [7, 11) is 0. The van der Waals surface area contributed by atoms with E-state index in [-0.39, 0.29) is 0 Å². The molecular weight excluding hydrogens is 166 g/mol. The number of nitrogens with zero attached hydrogens (tertiary/aromatic N) is 1.